The maximum absolute atomic E-state index is 12.2. The molecule has 4 rings (SSSR count). The predicted molar refractivity (Wildman–Crippen MR) is 110 cm³/mol. The van der Waals surface area contributed by atoms with Crippen LogP contribution < -0.4 is 10.6 Å². The number of nitrogens with one attached hydrogen (secondary N) is 2. The average Bonchev–Trinajstić information content (AvgIpc) is 2.72. The molecule has 2 atom stereocenters. The van der Waals surface area contributed by atoms with E-state index in [0.29, 0.717) is 11.7 Å². The second-order valence-corrected chi connectivity index (χ2v) is 7.01. The molecule has 2 unspecified atom stereocenters. The molecule has 2 aromatic carbocycles. The standard InChI is InChI=1S/C23H22N4O/c1-15-5-3-4-6-19(15)17-7-9-18(10-8-17)22-16(2)27-20(22)14-26-23(28)21-13-24-11-12-25-21/h3-14,16,22,27H,1-2H3,(H,26,28)/b20-14-. The molecule has 2 N–H and O–H groups in total. The zero-order chi connectivity index (χ0) is 19.5. The van der Waals surface area contributed by atoms with Crippen molar-refractivity contribution < 1.29 is 4.79 Å². The first-order chi connectivity index (χ1) is 13.6. The fourth-order valence-electron chi connectivity index (χ4n) is 3.61. The minimum atomic E-state index is -0.268. The van der Waals surface area contributed by atoms with Gasteiger partial charge in [-0.3, -0.25) is 9.78 Å². The number of hydrogen-bond acceptors (Lipinski definition) is 4. The van der Waals surface area contributed by atoms with Gasteiger partial charge in [0.25, 0.3) is 5.91 Å². The van der Waals surface area contributed by atoms with Crippen molar-refractivity contribution >= 4 is 5.91 Å². The van der Waals surface area contributed by atoms with Crippen LogP contribution >= 0.6 is 0 Å². The van der Waals surface area contributed by atoms with Crippen LogP contribution in [-0.2, 0) is 0 Å². The number of aromatic nitrogens is 2. The minimum Gasteiger partial charge on any atom is -0.383 e. The van der Waals surface area contributed by atoms with Crippen LogP contribution in [0.1, 0.15) is 34.5 Å². The summed E-state index contributed by atoms with van der Waals surface area (Å²) in [6, 6.07) is 17.4. The molecule has 5 heteroatoms. The van der Waals surface area contributed by atoms with Crippen LogP contribution in [0.3, 0.4) is 0 Å². The summed E-state index contributed by atoms with van der Waals surface area (Å²) >= 11 is 0. The van der Waals surface area contributed by atoms with E-state index >= 15 is 0 Å². The highest BCUT2D eigenvalue weighted by Gasteiger charge is 2.33. The molecule has 1 fully saturated rings. The summed E-state index contributed by atoms with van der Waals surface area (Å²) in [6.07, 6.45) is 6.23. The summed E-state index contributed by atoms with van der Waals surface area (Å²) < 4.78 is 0. The fraction of sp³-hybridized carbons (Fsp3) is 0.174. The SMILES string of the molecule is Cc1ccccc1-c1ccc(C2/C(=C/NC(=O)c3cnccn3)NC2C)cc1. The molecule has 2 heterocycles. The molecule has 5 nitrogen and oxygen atoms in total. The summed E-state index contributed by atoms with van der Waals surface area (Å²) in [5.41, 5.74) is 6.24. The highest BCUT2D eigenvalue weighted by molar-refractivity contribution is 5.92. The van der Waals surface area contributed by atoms with Crippen LogP contribution in [0.5, 0.6) is 0 Å². The normalized spacial score (nSPS) is 19.6. The Morgan fingerprint density at radius 3 is 2.57 bits per heavy atom. The minimum absolute atomic E-state index is 0.230. The van der Waals surface area contributed by atoms with Crippen LogP contribution in [-0.4, -0.2) is 21.9 Å². The summed E-state index contributed by atoms with van der Waals surface area (Å²) in [4.78, 5) is 20.1. The number of benzene rings is 2. The van der Waals surface area contributed by atoms with Gasteiger partial charge < -0.3 is 10.6 Å². The Morgan fingerprint density at radius 1 is 1.11 bits per heavy atom. The van der Waals surface area contributed by atoms with Crippen molar-refractivity contribution in [2.45, 2.75) is 25.8 Å². The number of hydrogen-bond donors (Lipinski definition) is 2. The number of amides is 1. The lowest BCUT2D eigenvalue weighted by molar-refractivity contribution is 0.0963. The smallest absolute Gasteiger partial charge is 0.275 e. The van der Waals surface area contributed by atoms with E-state index in [1.54, 1.807) is 12.4 Å². The molecule has 1 aromatic heterocycles. The van der Waals surface area contributed by atoms with E-state index in [1.807, 2.05) is 0 Å². The second-order valence-electron chi connectivity index (χ2n) is 7.01. The Hall–Kier alpha value is -3.47. The van der Waals surface area contributed by atoms with Crippen LogP contribution in [0.25, 0.3) is 11.1 Å². The van der Waals surface area contributed by atoms with E-state index < -0.39 is 0 Å². The highest BCUT2D eigenvalue weighted by Crippen LogP contribution is 2.35. The number of carbonyl (C=O) groups excluding carboxylic acids is 1. The van der Waals surface area contributed by atoms with Gasteiger partial charge in [-0.2, -0.15) is 0 Å². The molecule has 0 bridgehead atoms. The van der Waals surface area contributed by atoms with E-state index in [2.05, 4.69) is 83.0 Å². The lowest BCUT2D eigenvalue weighted by Crippen LogP contribution is -2.47. The maximum Gasteiger partial charge on any atom is 0.275 e. The second kappa shape index (κ2) is 7.64. The Balaban J connectivity index is 1.50. The van der Waals surface area contributed by atoms with E-state index in [1.165, 1.54) is 34.6 Å². The highest BCUT2D eigenvalue weighted by atomic mass is 16.1. The maximum atomic E-state index is 12.2. The molecular formula is C23H22N4O. The van der Waals surface area contributed by atoms with E-state index in [4.69, 9.17) is 0 Å². The third-order valence-corrected chi connectivity index (χ3v) is 5.11. The molecule has 1 amide bonds. The molecule has 1 saturated heterocycles. The summed E-state index contributed by atoms with van der Waals surface area (Å²) in [6.45, 7) is 4.27. The Bertz CT molecular complexity index is 1010. The molecule has 0 saturated carbocycles. The van der Waals surface area contributed by atoms with Crippen LogP contribution in [0.15, 0.2) is 79.0 Å². The average molecular weight is 370 g/mol. The lowest BCUT2D eigenvalue weighted by Gasteiger charge is -2.40. The zero-order valence-corrected chi connectivity index (χ0v) is 15.9. The molecule has 1 aliphatic heterocycles. The van der Waals surface area contributed by atoms with Gasteiger partial charge in [0, 0.05) is 36.3 Å². The molecule has 1 aliphatic rings. The van der Waals surface area contributed by atoms with Gasteiger partial charge in [-0.15, -0.1) is 0 Å². The summed E-state index contributed by atoms with van der Waals surface area (Å²) in [5.74, 6) is -0.0383. The first-order valence-corrected chi connectivity index (χ1v) is 9.33. The Morgan fingerprint density at radius 2 is 1.89 bits per heavy atom. The van der Waals surface area contributed by atoms with Crippen molar-refractivity contribution in [3.8, 4) is 11.1 Å². The number of nitrogens with zero attached hydrogens (tertiary/aromatic N) is 2. The zero-order valence-electron chi connectivity index (χ0n) is 15.9. The Labute approximate surface area is 164 Å². The van der Waals surface area contributed by atoms with Crippen LogP contribution in [0.2, 0.25) is 0 Å². The van der Waals surface area contributed by atoms with E-state index in [9.17, 15) is 4.79 Å². The van der Waals surface area contributed by atoms with Crippen molar-refractivity contribution in [1.82, 2.24) is 20.6 Å². The molecule has 0 aliphatic carbocycles. The molecule has 28 heavy (non-hydrogen) atoms. The van der Waals surface area contributed by atoms with Crippen LogP contribution in [0.4, 0.5) is 0 Å². The summed E-state index contributed by atoms with van der Waals surface area (Å²) in [5, 5.41) is 6.16. The van der Waals surface area contributed by atoms with Gasteiger partial charge in [-0.1, -0.05) is 48.5 Å². The van der Waals surface area contributed by atoms with E-state index in [-0.39, 0.29) is 11.8 Å². The van der Waals surface area contributed by atoms with Gasteiger partial charge in [0.15, 0.2) is 0 Å². The number of carbonyl (C=O) groups is 1. The van der Waals surface area contributed by atoms with Crippen molar-refractivity contribution in [1.29, 1.82) is 0 Å². The first kappa shape index (κ1) is 17.9. The van der Waals surface area contributed by atoms with Crippen LogP contribution in [0, 0.1) is 6.92 Å². The third kappa shape index (κ3) is 3.51. The summed E-state index contributed by atoms with van der Waals surface area (Å²) in [7, 11) is 0. The molecule has 140 valence electrons. The van der Waals surface area contributed by atoms with Gasteiger partial charge in [0.1, 0.15) is 5.69 Å². The molecule has 0 radical (unpaired) electrons. The number of rotatable bonds is 4. The Kier molecular flexibility index (Phi) is 4.89. The van der Waals surface area contributed by atoms with Gasteiger partial charge in [0.05, 0.1) is 6.20 Å². The lowest BCUT2D eigenvalue weighted by atomic mass is 9.82. The van der Waals surface area contributed by atoms with Gasteiger partial charge in [0.2, 0.25) is 0 Å². The van der Waals surface area contributed by atoms with Gasteiger partial charge >= 0.3 is 0 Å². The third-order valence-electron chi connectivity index (χ3n) is 5.11. The van der Waals surface area contributed by atoms with Gasteiger partial charge in [-0.05, 0) is 36.1 Å². The van der Waals surface area contributed by atoms with Gasteiger partial charge in [-0.25, -0.2) is 4.98 Å². The molecule has 0 spiro atoms. The van der Waals surface area contributed by atoms with Crippen molar-refractivity contribution in [3.05, 3.63) is 95.8 Å². The first-order valence-electron chi connectivity index (χ1n) is 9.33. The fourth-order valence-corrected chi connectivity index (χ4v) is 3.61. The molecule has 3 aromatic rings. The largest absolute Gasteiger partial charge is 0.383 e. The topological polar surface area (TPSA) is 66.9 Å². The predicted octanol–water partition coefficient (Wildman–Crippen LogP) is 3.80. The molecular weight excluding hydrogens is 348 g/mol. The van der Waals surface area contributed by atoms with Crippen molar-refractivity contribution in [2.24, 2.45) is 0 Å². The quantitative estimate of drug-likeness (QED) is 0.733. The van der Waals surface area contributed by atoms with Crippen molar-refractivity contribution in [3.63, 3.8) is 0 Å². The number of aryl methyl sites for hydroxylation is 1. The monoisotopic (exact) mass is 370 g/mol. The van der Waals surface area contributed by atoms with Crippen molar-refractivity contribution in [2.75, 3.05) is 0 Å². The van der Waals surface area contributed by atoms with E-state index in [0.717, 1.165) is 5.70 Å².